The van der Waals surface area contributed by atoms with Gasteiger partial charge in [-0.25, -0.2) is 0 Å². The summed E-state index contributed by atoms with van der Waals surface area (Å²) in [5.74, 6) is 0. The van der Waals surface area contributed by atoms with Crippen molar-refractivity contribution in [3.05, 3.63) is 0 Å². The molecule has 0 aromatic rings. The Labute approximate surface area is 74.6 Å². The van der Waals surface area contributed by atoms with E-state index in [4.69, 9.17) is 13.1 Å². The minimum Gasteiger partial charge on any atom is -0.349 e. The highest BCUT2D eigenvalue weighted by molar-refractivity contribution is 7.96. The van der Waals surface area contributed by atoms with E-state index in [1.165, 1.54) is 24.1 Å². The summed E-state index contributed by atoms with van der Waals surface area (Å²) in [6.07, 6.45) is 2.00. The molecule has 0 saturated carbocycles. The third kappa shape index (κ3) is 2.26. The molecule has 0 aromatic heterocycles. The maximum Gasteiger partial charge on any atom is 0.132 e. The molecule has 0 amide bonds. The molecule has 3 nitrogen and oxygen atoms in total. The summed E-state index contributed by atoms with van der Waals surface area (Å²) in [5, 5.41) is 0. The first-order valence-corrected chi connectivity index (χ1v) is 5.28. The van der Waals surface area contributed by atoms with E-state index < -0.39 is 0 Å². The summed E-state index contributed by atoms with van der Waals surface area (Å²) >= 11 is 2.88. The van der Waals surface area contributed by atoms with Crippen molar-refractivity contribution in [2.75, 3.05) is 13.2 Å². The van der Waals surface area contributed by atoms with Crippen LogP contribution in [0.4, 0.5) is 0 Å². The zero-order chi connectivity index (χ0) is 7.52. The average molecular weight is 194 g/mol. The fourth-order valence-corrected chi connectivity index (χ4v) is 2.49. The molecule has 5 heteroatoms. The molecule has 0 N–H and O–H groups in total. The van der Waals surface area contributed by atoms with E-state index in [0.717, 1.165) is 26.1 Å². The van der Waals surface area contributed by atoms with Gasteiger partial charge in [-0.15, -0.1) is 0 Å². The predicted octanol–water partition coefficient (Wildman–Crippen LogP) is 1.79. The molecule has 0 aromatic carbocycles. The Morgan fingerprint density at radius 1 is 1.00 bits per heavy atom. The first kappa shape index (κ1) is 8.19. The van der Waals surface area contributed by atoms with Crippen LogP contribution in [0.1, 0.15) is 12.8 Å². The third-order valence-electron chi connectivity index (χ3n) is 1.53. The van der Waals surface area contributed by atoms with Crippen LogP contribution in [-0.4, -0.2) is 24.1 Å². The molecule has 2 rings (SSSR count). The Kier molecular flexibility index (Phi) is 2.98. The molecule has 0 spiro atoms. The van der Waals surface area contributed by atoms with Crippen molar-refractivity contribution in [3.63, 3.8) is 0 Å². The fourth-order valence-electron chi connectivity index (χ4n) is 0.984. The smallest absolute Gasteiger partial charge is 0.132 e. The van der Waals surface area contributed by atoms with Crippen LogP contribution < -0.4 is 0 Å². The molecule has 2 unspecified atom stereocenters. The van der Waals surface area contributed by atoms with E-state index in [1.54, 1.807) is 0 Å². The van der Waals surface area contributed by atoms with Crippen LogP contribution in [0.2, 0.25) is 0 Å². The molecular weight excluding hydrogens is 184 g/mol. The lowest BCUT2D eigenvalue weighted by Gasteiger charge is -2.11. The van der Waals surface area contributed by atoms with E-state index >= 15 is 0 Å². The topological polar surface area (TPSA) is 27.7 Å². The van der Waals surface area contributed by atoms with Gasteiger partial charge in [-0.05, 0) is 0 Å². The highest BCUT2D eigenvalue weighted by atomic mass is 32.2. The van der Waals surface area contributed by atoms with E-state index in [9.17, 15) is 0 Å². The molecule has 2 aliphatic rings. The molecule has 11 heavy (non-hydrogen) atoms. The maximum atomic E-state index is 5.65. The number of rotatable bonds is 2. The van der Waals surface area contributed by atoms with Crippen LogP contribution in [-0.2, 0) is 13.1 Å². The first-order chi connectivity index (χ1) is 5.45. The first-order valence-electron chi connectivity index (χ1n) is 3.67. The van der Waals surface area contributed by atoms with E-state index in [0.29, 0.717) is 0 Å². The van der Waals surface area contributed by atoms with Crippen molar-refractivity contribution in [1.29, 1.82) is 0 Å². The number of hydrogen-bond acceptors (Lipinski definition) is 5. The number of hydrogen-bond donors (Lipinski definition) is 0. The van der Waals surface area contributed by atoms with Gasteiger partial charge < -0.3 is 13.1 Å². The highest BCUT2D eigenvalue weighted by Crippen LogP contribution is 2.32. The van der Waals surface area contributed by atoms with Crippen LogP contribution >= 0.6 is 24.1 Å². The van der Waals surface area contributed by atoms with Crippen molar-refractivity contribution in [2.45, 2.75) is 23.7 Å². The fraction of sp³-hybridized carbons (Fsp3) is 1.00. The standard InChI is InChI=1S/C6H10O3S2/c1-3-7-10-5(1)9-6-2-4-8-11-6/h5-6H,1-4H2. The molecule has 0 bridgehead atoms. The van der Waals surface area contributed by atoms with Crippen molar-refractivity contribution < 1.29 is 13.1 Å². The van der Waals surface area contributed by atoms with Gasteiger partial charge in [-0.3, -0.25) is 0 Å². The lowest BCUT2D eigenvalue weighted by Crippen LogP contribution is -2.12. The monoisotopic (exact) mass is 194 g/mol. The minimum absolute atomic E-state index is 0.231. The van der Waals surface area contributed by atoms with Gasteiger partial charge in [-0.1, -0.05) is 0 Å². The third-order valence-corrected chi connectivity index (χ3v) is 3.26. The zero-order valence-corrected chi connectivity index (χ0v) is 7.66. The SMILES string of the molecule is C1CC(OC2CCOS2)SO1. The molecule has 2 aliphatic heterocycles. The van der Waals surface area contributed by atoms with E-state index in [2.05, 4.69) is 0 Å². The number of ether oxygens (including phenoxy) is 1. The Morgan fingerprint density at radius 2 is 1.55 bits per heavy atom. The molecule has 64 valence electrons. The van der Waals surface area contributed by atoms with E-state index in [-0.39, 0.29) is 10.9 Å². The van der Waals surface area contributed by atoms with Crippen molar-refractivity contribution >= 4 is 24.1 Å². The zero-order valence-electron chi connectivity index (χ0n) is 6.02. The Balaban J connectivity index is 1.71. The van der Waals surface area contributed by atoms with Gasteiger partial charge in [0.15, 0.2) is 0 Å². The largest absolute Gasteiger partial charge is 0.349 e. The summed E-state index contributed by atoms with van der Waals surface area (Å²) in [5.41, 5.74) is 0.461. The van der Waals surface area contributed by atoms with Crippen molar-refractivity contribution in [1.82, 2.24) is 0 Å². The van der Waals surface area contributed by atoms with E-state index in [1.807, 2.05) is 0 Å². The van der Waals surface area contributed by atoms with Gasteiger partial charge in [0.1, 0.15) is 10.9 Å². The van der Waals surface area contributed by atoms with Gasteiger partial charge in [0, 0.05) is 36.9 Å². The molecule has 0 radical (unpaired) electrons. The summed E-state index contributed by atoms with van der Waals surface area (Å²) in [6.45, 7) is 1.63. The lowest BCUT2D eigenvalue weighted by atomic mass is 10.4. The Hall–Kier alpha value is 0.580. The Bertz CT molecular complexity index is 107. The summed E-state index contributed by atoms with van der Waals surface area (Å²) < 4.78 is 15.9. The molecule has 2 fully saturated rings. The normalized spacial score (nSPS) is 38.2. The van der Waals surface area contributed by atoms with Crippen molar-refractivity contribution in [2.24, 2.45) is 0 Å². The van der Waals surface area contributed by atoms with Crippen LogP contribution in [0.5, 0.6) is 0 Å². The molecular formula is C6H10O3S2. The molecule has 0 aliphatic carbocycles. The van der Waals surface area contributed by atoms with Gasteiger partial charge in [-0.2, -0.15) is 0 Å². The molecule has 2 heterocycles. The molecule has 2 atom stereocenters. The predicted molar refractivity (Wildman–Crippen MR) is 45.0 cm³/mol. The second kappa shape index (κ2) is 4.00. The summed E-state index contributed by atoms with van der Waals surface area (Å²) in [6, 6.07) is 0. The van der Waals surface area contributed by atoms with Crippen LogP contribution in [0.25, 0.3) is 0 Å². The second-order valence-corrected chi connectivity index (χ2v) is 4.32. The van der Waals surface area contributed by atoms with Gasteiger partial charge in [0.25, 0.3) is 0 Å². The van der Waals surface area contributed by atoms with Crippen LogP contribution in [0, 0.1) is 0 Å². The second-order valence-electron chi connectivity index (χ2n) is 2.41. The van der Waals surface area contributed by atoms with Crippen molar-refractivity contribution in [3.8, 4) is 0 Å². The van der Waals surface area contributed by atoms with Gasteiger partial charge in [0.05, 0.1) is 13.2 Å². The average Bonchev–Trinajstić information content (AvgIpc) is 2.60. The minimum atomic E-state index is 0.231. The van der Waals surface area contributed by atoms with Gasteiger partial charge >= 0.3 is 0 Å². The Morgan fingerprint density at radius 3 is 1.91 bits per heavy atom. The summed E-state index contributed by atoms with van der Waals surface area (Å²) in [4.78, 5) is 0. The highest BCUT2D eigenvalue weighted by Gasteiger charge is 2.25. The lowest BCUT2D eigenvalue weighted by molar-refractivity contribution is 0.0910. The summed E-state index contributed by atoms with van der Waals surface area (Å²) in [7, 11) is 0. The molecule has 2 saturated heterocycles. The van der Waals surface area contributed by atoms with Crippen LogP contribution in [0.3, 0.4) is 0 Å². The van der Waals surface area contributed by atoms with Gasteiger partial charge in [0.2, 0.25) is 0 Å². The maximum absolute atomic E-state index is 5.65. The quantitative estimate of drug-likeness (QED) is 0.625. The van der Waals surface area contributed by atoms with Crippen LogP contribution in [0.15, 0.2) is 0 Å².